The van der Waals surface area contributed by atoms with E-state index >= 15 is 0 Å². The van der Waals surface area contributed by atoms with Gasteiger partial charge in [0.15, 0.2) is 0 Å². The maximum absolute atomic E-state index is 10.3. The molecule has 1 nitrogen and oxygen atoms in total. The minimum atomic E-state index is 0.151. The van der Waals surface area contributed by atoms with Gasteiger partial charge in [-0.25, -0.2) is 0 Å². The molecule has 0 unspecified atom stereocenters. The van der Waals surface area contributed by atoms with E-state index in [0.717, 1.165) is 6.29 Å². The monoisotopic (exact) mass is 140 g/mol. The van der Waals surface area contributed by atoms with Gasteiger partial charge in [0.05, 0.1) is 0 Å². The second kappa shape index (κ2) is 3.00. The zero-order valence-electron chi connectivity index (χ0n) is 7.27. The van der Waals surface area contributed by atoms with E-state index in [9.17, 15) is 4.79 Å². The summed E-state index contributed by atoms with van der Waals surface area (Å²) in [5, 5.41) is 0. The zero-order chi connectivity index (χ0) is 8.36. The summed E-state index contributed by atoms with van der Waals surface area (Å²) in [6, 6.07) is 0. The van der Waals surface area contributed by atoms with Crippen molar-refractivity contribution >= 4 is 6.29 Å². The minimum absolute atomic E-state index is 0.151. The van der Waals surface area contributed by atoms with Gasteiger partial charge in [0.1, 0.15) is 6.29 Å². The van der Waals surface area contributed by atoms with Crippen LogP contribution in [-0.2, 0) is 4.79 Å². The summed E-state index contributed by atoms with van der Waals surface area (Å²) >= 11 is 0. The molecule has 0 rings (SSSR count). The first kappa shape index (κ1) is 9.41. The topological polar surface area (TPSA) is 17.1 Å². The standard InChI is InChI=1S/C9H16O/c1-7(6-10)8(2)9(3,4)5/h6,8H,1H2,2-5H3/t8-/m1/s1. The molecule has 0 aliphatic carbocycles. The first-order valence-electron chi connectivity index (χ1n) is 3.53. The molecular weight excluding hydrogens is 124 g/mol. The van der Waals surface area contributed by atoms with Crippen molar-refractivity contribution in [3.63, 3.8) is 0 Å². The Labute approximate surface area is 63.1 Å². The summed E-state index contributed by atoms with van der Waals surface area (Å²) < 4.78 is 0. The fraction of sp³-hybridized carbons (Fsp3) is 0.667. The highest BCUT2D eigenvalue weighted by Crippen LogP contribution is 2.29. The summed E-state index contributed by atoms with van der Waals surface area (Å²) in [6.45, 7) is 12.0. The molecule has 58 valence electrons. The number of carbonyl (C=O) groups excluding carboxylic acids is 1. The van der Waals surface area contributed by atoms with Crippen LogP contribution in [0.15, 0.2) is 12.2 Å². The molecule has 0 aromatic rings. The minimum Gasteiger partial charge on any atom is -0.298 e. The first-order chi connectivity index (χ1) is 4.39. The van der Waals surface area contributed by atoms with E-state index in [0.29, 0.717) is 5.57 Å². The average Bonchev–Trinajstić information content (AvgIpc) is 1.83. The summed E-state index contributed by atoms with van der Waals surface area (Å²) in [5.41, 5.74) is 0.838. The van der Waals surface area contributed by atoms with E-state index in [-0.39, 0.29) is 11.3 Å². The fourth-order valence-electron chi connectivity index (χ4n) is 0.658. The number of hydrogen-bond acceptors (Lipinski definition) is 1. The second-order valence-corrected chi connectivity index (χ2v) is 3.78. The van der Waals surface area contributed by atoms with Crippen LogP contribution in [-0.4, -0.2) is 6.29 Å². The van der Waals surface area contributed by atoms with Gasteiger partial charge in [-0.2, -0.15) is 0 Å². The normalized spacial score (nSPS) is 14.4. The van der Waals surface area contributed by atoms with E-state index in [1.165, 1.54) is 0 Å². The number of allylic oxidation sites excluding steroid dienone is 1. The Morgan fingerprint density at radius 1 is 1.50 bits per heavy atom. The van der Waals surface area contributed by atoms with Crippen LogP contribution in [0.25, 0.3) is 0 Å². The van der Waals surface area contributed by atoms with Gasteiger partial charge in [-0.15, -0.1) is 0 Å². The Morgan fingerprint density at radius 3 is 2.00 bits per heavy atom. The van der Waals surface area contributed by atoms with Gasteiger partial charge < -0.3 is 0 Å². The lowest BCUT2D eigenvalue weighted by Gasteiger charge is -2.26. The quantitative estimate of drug-likeness (QED) is 0.425. The van der Waals surface area contributed by atoms with Crippen LogP contribution in [0.2, 0.25) is 0 Å². The van der Waals surface area contributed by atoms with Crippen molar-refractivity contribution in [1.82, 2.24) is 0 Å². The molecule has 0 aliphatic heterocycles. The van der Waals surface area contributed by atoms with Crippen LogP contribution in [0.1, 0.15) is 27.7 Å². The van der Waals surface area contributed by atoms with Gasteiger partial charge in [-0.1, -0.05) is 34.3 Å². The Bertz CT molecular complexity index is 139. The van der Waals surface area contributed by atoms with Crippen LogP contribution in [0.4, 0.5) is 0 Å². The molecule has 0 spiro atoms. The summed E-state index contributed by atoms with van der Waals surface area (Å²) in [4.78, 5) is 10.3. The SMILES string of the molecule is C=C(C=O)[C@@H](C)C(C)(C)C. The summed E-state index contributed by atoms with van der Waals surface area (Å²) in [5.74, 6) is 0.269. The van der Waals surface area contributed by atoms with Crippen LogP contribution in [0.5, 0.6) is 0 Å². The highest BCUT2D eigenvalue weighted by Gasteiger charge is 2.21. The third-order valence-electron chi connectivity index (χ3n) is 2.01. The molecule has 0 saturated carbocycles. The van der Waals surface area contributed by atoms with E-state index in [2.05, 4.69) is 27.4 Å². The van der Waals surface area contributed by atoms with E-state index in [4.69, 9.17) is 0 Å². The van der Waals surface area contributed by atoms with E-state index in [1.54, 1.807) is 0 Å². The lowest BCUT2D eigenvalue weighted by molar-refractivity contribution is -0.105. The zero-order valence-corrected chi connectivity index (χ0v) is 7.27. The molecule has 0 amide bonds. The largest absolute Gasteiger partial charge is 0.298 e. The molecule has 0 bridgehead atoms. The van der Waals surface area contributed by atoms with Crippen molar-refractivity contribution in [3.8, 4) is 0 Å². The van der Waals surface area contributed by atoms with Gasteiger partial charge >= 0.3 is 0 Å². The van der Waals surface area contributed by atoms with Crippen molar-refractivity contribution in [1.29, 1.82) is 0 Å². The smallest absolute Gasteiger partial charge is 0.145 e. The first-order valence-corrected chi connectivity index (χ1v) is 3.53. The van der Waals surface area contributed by atoms with Crippen LogP contribution < -0.4 is 0 Å². The van der Waals surface area contributed by atoms with Crippen LogP contribution >= 0.6 is 0 Å². The van der Waals surface area contributed by atoms with Crippen molar-refractivity contribution in [3.05, 3.63) is 12.2 Å². The molecule has 0 heterocycles. The maximum Gasteiger partial charge on any atom is 0.145 e. The molecule has 10 heavy (non-hydrogen) atoms. The third-order valence-corrected chi connectivity index (χ3v) is 2.01. The predicted molar refractivity (Wildman–Crippen MR) is 43.8 cm³/mol. The Kier molecular flexibility index (Phi) is 2.82. The molecule has 1 heteroatoms. The molecule has 0 aliphatic rings. The Balaban J connectivity index is 4.21. The lowest BCUT2D eigenvalue weighted by Crippen LogP contribution is -2.19. The molecule has 0 fully saturated rings. The van der Waals surface area contributed by atoms with Gasteiger partial charge in [-0.05, 0) is 16.9 Å². The number of aldehydes is 1. The lowest BCUT2D eigenvalue weighted by atomic mass is 9.78. The van der Waals surface area contributed by atoms with Gasteiger partial charge in [0.2, 0.25) is 0 Å². The Morgan fingerprint density at radius 2 is 1.90 bits per heavy atom. The molecule has 0 saturated heterocycles. The highest BCUT2D eigenvalue weighted by atomic mass is 16.1. The molecular formula is C9H16O. The predicted octanol–water partition coefficient (Wildman–Crippen LogP) is 2.42. The third kappa shape index (κ3) is 2.34. The molecule has 0 aromatic heterocycles. The van der Waals surface area contributed by atoms with Gasteiger partial charge in [-0.3, -0.25) is 4.79 Å². The summed E-state index contributed by atoms with van der Waals surface area (Å²) in [6.07, 6.45) is 0.843. The van der Waals surface area contributed by atoms with Crippen molar-refractivity contribution in [2.24, 2.45) is 11.3 Å². The van der Waals surface area contributed by atoms with Crippen LogP contribution in [0.3, 0.4) is 0 Å². The summed E-state index contributed by atoms with van der Waals surface area (Å²) in [7, 11) is 0. The molecule has 0 N–H and O–H groups in total. The molecule has 1 atom stereocenters. The number of hydrogen-bond donors (Lipinski definition) is 0. The van der Waals surface area contributed by atoms with Crippen molar-refractivity contribution in [2.75, 3.05) is 0 Å². The number of carbonyl (C=O) groups is 1. The van der Waals surface area contributed by atoms with Crippen molar-refractivity contribution < 1.29 is 4.79 Å². The van der Waals surface area contributed by atoms with Gasteiger partial charge in [0.25, 0.3) is 0 Å². The van der Waals surface area contributed by atoms with Crippen LogP contribution in [0, 0.1) is 11.3 Å². The highest BCUT2D eigenvalue weighted by molar-refractivity contribution is 5.72. The van der Waals surface area contributed by atoms with E-state index < -0.39 is 0 Å². The Hall–Kier alpha value is -0.590. The second-order valence-electron chi connectivity index (χ2n) is 3.78. The molecule has 0 radical (unpaired) electrons. The number of rotatable bonds is 2. The maximum atomic E-state index is 10.3. The van der Waals surface area contributed by atoms with Gasteiger partial charge in [0, 0.05) is 0 Å². The average molecular weight is 140 g/mol. The van der Waals surface area contributed by atoms with E-state index in [1.807, 2.05) is 6.92 Å². The molecule has 0 aromatic carbocycles. The van der Waals surface area contributed by atoms with Crippen molar-refractivity contribution in [2.45, 2.75) is 27.7 Å². The fourth-order valence-corrected chi connectivity index (χ4v) is 0.658.